The number of amides is 1. The van der Waals surface area contributed by atoms with Crippen LogP contribution in [0.5, 0.6) is 0 Å². The van der Waals surface area contributed by atoms with Crippen molar-refractivity contribution < 1.29 is 4.79 Å². The Kier molecular flexibility index (Phi) is 5.44. The Morgan fingerprint density at radius 1 is 1.04 bits per heavy atom. The molecule has 5 nitrogen and oxygen atoms in total. The first-order valence-electron chi connectivity index (χ1n) is 10.1. The van der Waals surface area contributed by atoms with E-state index >= 15 is 0 Å². The number of benzene rings is 1. The van der Waals surface area contributed by atoms with E-state index in [-0.39, 0.29) is 5.91 Å². The van der Waals surface area contributed by atoms with Gasteiger partial charge in [0.15, 0.2) is 0 Å². The lowest BCUT2D eigenvalue weighted by Crippen LogP contribution is -2.49. The highest BCUT2D eigenvalue weighted by Crippen LogP contribution is 2.22. The van der Waals surface area contributed by atoms with Crippen molar-refractivity contribution in [1.82, 2.24) is 19.4 Å². The Balaban J connectivity index is 1.35. The molecule has 4 rings (SSSR count). The Labute approximate surface area is 166 Å². The number of hydrogen-bond acceptors (Lipinski definition) is 3. The van der Waals surface area contributed by atoms with Crippen LogP contribution < -0.4 is 0 Å². The minimum absolute atomic E-state index is 0.146. The summed E-state index contributed by atoms with van der Waals surface area (Å²) >= 11 is 0. The fourth-order valence-corrected chi connectivity index (χ4v) is 3.94. The molecule has 1 fully saturated rings. The zero-order valence-electron chi connectivity index (χ0n) is 16.7. The van der Waals surface area contributed by atoms with Crippen molar-refractivity contribution in [1.29, 1.82) is 0 Å². The summed E-state index contributed by atoms with van der Waals surface area (Å²) in [5, 5.41) is 1.13. The molecule has 1 saturated heterocycles. The predicted molar refractivity (Wildman–Crippen MR) is 113 cm³/mol. The summed E-state index contributed by atoms with van der Waals surface area (Å²) in [6.45, 7) is 8.83. The van der Waals surface area contributed by atoms with Crippen molar-refractivity contribution in [3.8, 4) is 0 Å². The first kappa shape index (κ1) is 18.7. The molecule has 1 aromatic carbocycles. The zero-order valence-corrected chi connectivity index (χ0v) is 16.7. The normalized spacial score (nSPS) is 15.5. The second-order valence-corrected chi connectivity index (χ2v) is 7.83. The highest BCUT2D eigenvalue weighted by atomic mass is 16.2. The molecule has 0 saturated carbocycles. The molecule has 5 heteroatoms. The number of hydrogen-bond donors (Lipinski definition) is 0. The van der Waals surface area contributed by atoms with Crippen LogP contribution in [0, 0.1) is 0 Å². The third kappa shape index (κ3) is 3.94. The molecule has 0 atom stereocenters. The second kappa shape index (κ2) is 8.15. The molecule has 3 heterocycles. The molecule has 2 aromatic heterocycles. The van der Waals surface area contributed by atoms with Crippen molar-refractivity contribution in [2.24, 2.45) is 0 Å². The van der Waals surface area contributed by atoms with E-state index in [1.807, 2.05) is 29.4 Å². The van der Waals surface area contributed by atoms with Crippen LogP contribution in [0.4, 0.5) is 0 Å². The number of pyridine rings is 1. The van der Waals surface area contributed by atoms with E-state index < -0.39 is 0 Å². The van der Waals surface area contributed by atoms with E-state index in [0.717, 1.165) is 50.1 Å². The molecule has 0 N–H and O–H groups in total. The summed E-state index contributed by atoms with van der Waals surface area (Å²) in [5.74, 6) is 0.146. The van der Waals surface area contributed by atoms with Crippen LogP contribution in [-0.4, -0.2) is 58.0 Å². The van der Waals surface area contributed by atoms with Gasteiger partial charge in [-0.1, -0.05) is 0 Å². The molecule has 3 aromatic rings. The second-order valence-electron chi connectivity index (χ2n) is 7.83. The first-order chi connectivity index (χ1) is 13.6. The minimum Gasteiger partial charge on any atom is -0.345 e. The zero-order chi connectivity index (χ0) is 19.5. The SMILES string of the molecule is CC(C)n1ccc2cc(C(=O)N3CCN(CCc4ccncc4)CC3)ccc21. The van der Waals surface area contributed by atoms with E-state index in [1.165, 1.54) is 11.1 Å². The molecule has 0 spiro atoms. The van der Waals surface area contributed by atoms with Crippen LogP contribution in [0.3, 0.4) is 0 Å². The molecular formula is C23H28N4O. The lowest BCUT2D eigenvalue weighted by atomic mass is 10.1. The molecule has 0 bridgehead atoms. The number of carbonyl (C=O) groups is 1. The number of fused-ring (bicyclic) bond motifs is 1. The summed E-state index contributed by atoms with van der Waals surface area (Å²) < 4.78 is 2.24. The number of nitrogens with zero attached hydrogens (tertiary/aromatic N) is 4. The highest BCUT2D eigenvalue weighted by Gasteiger charge is 2.22. The molecule has 0 aliphatic carbocycles. The maximum atomic E-state index is 13.0. The van der Waals surface area contributed by atoms with Crippen molar-refractivity contribution >= 4 is 16.8 Å². The van der Waals surface area contributed by atoms with E-state index in [2.05, 4.69) is 58.8 Å². The van der Waals surface area contributed by atoms with Gasteiger partial charge in [0, 0.05) is 73.8 Å². The van der Waals surface area contributed by atoms with Crippen molar-refractivity contribution in [2.45, 2.75) is 26.3 Å². The number of carbonyl (C=O) groups excluding carboxylic acids is 1. The Bertz CT molecular complexity index is 940. The minimum atomic E-state index is 0.146. The monoisotopic (exact) mass is 376 g/mol. The average Bonchev–Trinajstić information content (AvgIpc) is 3.16. The molecule has 0 radical (unpaired) electrons. The summed E-state index contributed by atoms with van der Waals surface area (Å²) in [7, 11) is 0. The maximum absolute atomic E-state index is 13.0. The third-order valence-electron chi connectivity index (χ3n) is 5.65. The lowest BCUT2D eigenvalue weighted by Gasteiger charge is -2.34. The largest absolute Gasteiger partial charge is 0.345 e. The van der Waals surface area contributed by atoms with Crippen molar-refractivity contribution in [3.63, 3.8) is 0 Å². The highest BCUT2D eigenvalue weighted by molar-refractivity contribution is 5.98. The molecule has 1 amide bonds. The molecule has 146 valence electrons. The van der Waals surface area contributed by atoms with E-state index in [9.17, 15) is 4.79 Å². The van der Waals surface area contributed by atoms with Gasteiger partial charge in [-0.05, 0) is 62.2 Å². The predicted octanol–water partition coefficient (Wildman–Crippen LogP) is 3.62. The maximum Gasteiger partial charge on any atom is 0.253 e. The Morgan fingerprint density at radius 2 is 1.79 bits per heavy atom. The van der Waals surface area contributed by atoms with Gasteiger partial charge in [-0.3, -0.25) is 14.7 Å². The average molecular weight is 377 g/mol. The van der Waals surface area contributed by atoms with Gasteiger partial charge in [0.05, 0.1) is 0 Å². The lowest BCUT2D eigenvalue weighted by molar-refractivity contribution is 0.0638. The van der Waals surface area contributed by atoms with Crippen LogP contribution in [-0.2, 0) is 6.42 Å². The van der Waals surface area contributed by atoms with Crippen LogP contribution in [0.15, 0.2) is 55.0 Å². The van der Waals surface area contributed by atoms with Crippen molar-refractivity contribution in [2.75, 3.05) is 32.7 Å². The van der Waals surface area contributed by atoms with Gasteiger partial charge in [0.1, 0.15) is 0 Å². The molecular weight excluding hydrogens is 348 g/mol. The topological polar surface area (TPSA) is 41.4 Å². The van der Waals surface area contributed by atoms with Gasteiger partial charge in [-0.2, -0.15) is 0 Å². The van der Waals surface area contributed by atoms with Gasteiger partial charge in [-0.15, -0.1) is 0 Å². The molecule has 1 aliphatic rings. The standard InChI is InChI=1S/C23H28N4O/c1-18(2)27-12-8-20-17-21(3-4-22(20)27)23(28)26-15-13-25(14-16-26)11-7-19-5-9-24-10-6-19/h3-6,8-10,12,17-18H,7,11,13-16H2,1-2H3. The first-order valence-corrected chi connectivity index (χ1v) is 10.1. The fourth-order valence-electron chi connectivity index (χ4n) is 3.94. The Morgan fingerprint density at radius 3 is 2.50 bits per heavy atom. The third-order valence-corrected chi connectivity index (χ3v) is 5.65. The van der Waals surface area contributed by atoms with E-state index in [4.69, 9.17) is 0 Å². The number of rotatable bonds is 5. The van der Waals surface area contributed by atoms with Crippen LogP contribution in [0.2, 0.25) is 0 Å². The van der Waals surface area contributed by atoms with Gasteiger partial charge < -0.3 is 9.47 Å². The summed E-state index contributed by atoms with van der Waals surface area (Å²) in [4.78, 5) is 21.5. The summed E-state index contributed by atoms with van der Waals surface area (Å²) in [5.41, 5.74) is 3.29. The van der Waals surface area contributed by atoms with E-state index in [1.54, 1.807) is 0 Å². The number of aromatic nitrogens is 2. The summed E-state index contributed by atoms with van der Waals surface area (Å²) in [6.07, 6.45) is 6.82. The van der Waals surface area contributed by atoms with E-state index in [0.29, 0.717) is 6.04 Å². The van der Waals surface area contributed by atoms with Gasteiger partial charge in [-0.25, -0.2) is 0 Å². The fraction of sp³-hybridized carbons (Fsp3) is 0.391. The molecule has 28 heavy (non-hydrogen) atoms. The summed E-state index contributed by atoms with van der Waals surface area (Å²) in [6, 6.07) is 12.7. The van der Waals surface area contributed by atoms with Gasteiger partial charge >= 0.3 is 0 Å². The van der Waals surface area contributed by atoms with Crippen LogP contribution in [0.25, 0.3) is 10.9 Å². The van der Waals surface area contributed by atoms with Gasteiger partial charge in [0.2, 0.25) is 0 Å². The molecule has 1 aliphatic heterocycles. The Hall–Kier alpha value is -2.66. The quantitative estimate of drug-likeness (QED) is 0.683. The van der Waals surface area contributed by atoms with Crippen LogP contribution in [0.1, 0.15) is 35.8 Å². The smallest absolute Gasteiger partial charge is 0.253 e. The van der Waals surface area contributed by atoms with Crippen LogP contribution >= 0.6 is 0 Å². The van der Waals surface area contributed by atoms with Crippen molar-refractivity contribution in [3.05, 3.63) is 66.1 Å². The molecule has 0 unspecified atom stereocenters. The van der Waals surface area contributed by atoms with Gasteiger partial charge in [0.25, 0.3) is 5.91 Å². The number of piperazine rings is 1.